The number of methoxy groups -OCH3 is 2. The molecule has 1 aliphatic rings. The van der Waals surface area contributed by atoms with Crippen LogP contribution in [0.1, 0.15) is 10.4 Å². The van der Waals surface area contributed by atoms with E-state index in [0.29, 0.717) is 28.8 Å². The molecule has 0 radical (unpaired) electrons. The number of aromatic amines is 1. The maximum absolute atomic E-state index is 12.2. The number of likely N-dealkylation sites (N-methyl/N-ethyl adjacent to an activating group) is 1. The Morgan fingerprint density at radius 3 is 2.56 bits per heavy atom. The number of H-pyrrole nitrogens is 1. The highest BCUT2D eigenvalue weighted by atomic mass is 16.5. The lowest BCUT2D eigenvalue weighted by Gasteiger charge is -2.34. The predicted molar refractivity (Wildman–Crippen MR) is 141 cm³/mol. The summed E-state index contributed by atoms with van der Waals surface area (Å²) < 4.78 is 10.6. The first kappa shape index (κ1) is 23.4. The Morgan fingerprint density at radius 1 is 0.972 bits per heavy atom. The lowest BCUT2D eigenvalue weighted by molar-refractivity contribution is 0.0602. The molecule has 3 heterocycles. The molecule has 2 aromatic heterocycles. The lowest BCUT2D eigenvalue weighted by atomic mass is 10.2. The van der Waals surface area contributed by atoms with Crippen LogP contribution in [0.4, 0.5) is 28.8 Å². The average molecular weight is 488 g/mol. The number of anilines is 5. The molecule has 0 aliphatic carbocycles. The van der Waals surface area contributed by atoms with Crippen molar-refractivity contribution in [1.82, 2.24) is 19.9 Å². The summed E-state index contributed by atoms with van der Waals surface area (Å²) in [6.07, 6.45) is 1.80. The fourth-order valence-corrected chi connectivity index (χ4v) is 4.26. The molecule has 0 saturated carbocycles. The molecule has 10 heteroatoms. The molecule has 5 rings (SSSR count). The number of ether oxygens (including phenoxy) is 2. The quantitative estimate of drug-likeness (QED) is 0.334. The van der Waals surface area contributed by atoms with Crippen LogP contribution in [0.3, 0.4) is 0 Å². The summed E-state index contributed by atoms with van der Waals surface area (Å²) in [5.74, 6) is 1.19. The van der Waals surface area contributed by atoms with E-state index in [1.54, 1.807) is 31.5 Å². The molecule has 1 fully saturated rings. The molecule has 0 amide bonds. The zero-order valence-corrected chi connectivity index (χ0v) is 20.5. The minimum Gasteiger partial charge on any atom is -0.494 e. The topological polar surface area (TPSA) is 108 Å². The van der Waals surface area contributed by atoms with Crippen molar-refractivity contribution in [2.24, 2.45) is 0 Å². The normalized spacial score (nSPS) is 14.0. The summed E-state index contributed by atoms with van der Waals surface area (Å²) in [5.41, 5.74) is 4.31. The Morgan fingerprint density at radius 2 is 1.78 bits per heavy atom. The van der Waals surface area contributed by atoms with Gasteiger partial charge in [-0.3, -0.25) is 0 Å². The van der Waals surface area contributed by atoms with Crippen LogP contribution in [0.25, 0.3) is 11.0 Å². The zero-order chi connectivity index (χ0) is 25.1. The fraction of sp³-hybridized carbons (Fsp3) is 0.269. The highest BCUT2D eigenvalue weighted by Crippen LogP contribution is 2.33. The van der Waals surface area contributed by atoms with Crippen LogP contribution in [0.5, 0.6) is 5.75 Å². The summed E-state index contributed by atoms with van der Waals surface area (Å²) >= 11 is 0. The molecule has 0 atom stereocenters. The molecule has 1 saturated heterocycles. The smallest absolute Gasteiger partial charge is 0.339 e. The van der Waals surface area contributed by atoms with Crippen LogP contribution in [-0.2, 0) is 4.74 Å². The largest absolute Gasteiger partial charge is 0.494 e. The summed E-state index contributed by atoms with van der Waals surface area (Å²) in [5, 5.41) is 6.56. The van der Waals surface area contributed by atoms with Crippen molar-refractivity contribution in [1.29, 1.82) is 0 Å². The lowest BCUT2D eigenvalue weighted by Crippen LogP contribution is -2.44. The number of hydrogen-bond acceptors (Lipinski definition) is 9. The first-order valence-corrected chi connectivity index (χ1v) is 11.7. The summed E-state index contributed by atoms with van der Waals surface area (Å²) in [4.78, 5) is 29.4. The second kappa shape index (κ2) is 10.1. The minimum atomic E-state index is -0.432. The first-order chi connectivity index (χ1) is 17.6. The number of rotatable bonds is 7. The Hall–Kier alpha value is -4.31. The van der Waals surface area contributed by atoms with Crippen molar-refractivity contribution < 1.29 is 14.3 Å². The summed E-state index contributed by atoms with van der Waals surface area (Å²) in [7, 11) is 5.15. The van der Waals surface area contributed by atoms with Crippen molar-refractivity contribution in [2.45, 2.75) is 0 Å². The molecule has 0 spiro atoms. The number of nitrogens with one attached hydrogen (secondary N) is 3. The van der Waals surface area contributed by atoms with Crippen LogP contribution in [0.2, 0.25) is 0 Å². The van der Waals surface area contributed by atoms with Crippen LogP contribution in [-0.4, -0.2) is 73.3 Å². The highest BCUT2D eigenvalue weighted by molar-refractivity contribution is 5.98. The van der Waals surface area contributed by atoms with Gasteiger partial charge in [-0.15, -0.1) is 0 Å². The number of aromatic nitrogens is 3. The SMILES string of the molecule is COC(=O)c1ccccc1Nc1nc(Nc2ccc(N3CCN(C)CC3)cc2OC)nc2cc[nH]c12. The Kier molecular flexibility index (Phi) is 6.59. The highest BCUT2D eigenvalue weighted by Gasteiger charge is 2.18. The van der Waals surface area contributed by atoms with Gasteiger partial charge in [0.15, 0.2) is 5.82 Å². The van der Waals surface area contributed by atoms with Crippen LogP contribution < -0.4 is 20.3 Å². The molecular weight excluding hydrogens is 458 g/mol. The number of carbonyl (C=O) groups excluding carboxylic acids is 1. The van der Waals surface area contributed by atoms with Crippen molar-refractivity contribution in [3.63, 3.8) is 0 Å². The van der Waals surface area contributed by atoms with Gasteiger partial charge >= 0.3 is 5.97 Å². The van der Waals surface area contributed by atoms with Crippen molar-refractivity contribution >= 4 is 45.8 Å². The summed E-state index contributed by atoms with van der Waals surface area (Å²) in [6, 6.07) is 15.1. The standard InChI is InChI=1S/C26H29N7O3/c1-32-12-14-33(15-13-32)17-8-9-20(22(16-17)35-2)29-26-30-21-10-11-27-23(21)24(31-26)28-19-7-5-4-6-18(19)25(34)36-3/h4-11,16,27H,12-15H2,1-3H3,(H2,28,29,30,31). The molecule has 0 unspecified atom stereocenters. The van der Waals surface area contributed by atoms with E-state index in [4.69, 9.17) is 14.5 Å². The van der Waals surface area contributed by atoms with E-state index in [2.05, 4.69) is 43.5 Å². The van der Waals surface area contributed by atoms with E-state index in [1.165, 1.54) is 7.11 Å². The van der Waals surface area contributed by atoms with Crippen molar-refractivity contribution in [2.75, 3.05) is 63.0 Å². The van der Waals surface area contributed by atoms with Crippen LogP contribution >= 0.6 is 0 Å². The van der Waals surface area contributed by atoms with Crippen molar-refractivity contribution in [3.8, 4) is 5.75 Å². The van der Waals surface area contributed by atoms with Gasteiger partial charge in [-0.1, -0.05) is 12.1 Å². The molecule has 3 N–H and O–H groups in total. The van der Waals surface area contributed by atoms with Crippen molar-refractivity contribution in [3.05, 3.63) is 60.3 Å². The number of esters is 1. The van der Waals surface area contributed by atoms with Gasteiger partial charge in [-0.2, -0.15) is 4.98 Å². The van der Waals surface area contributed by atoms with Crippen LogP contribution in [0, 0.1) is 0 Å². The monoisotopic (exact) mass is 487 g/mol. The third kappa shape index (κ3) is 4.76. The van der Waals surface area contributed by atoms with Gasteiger partial charge in [-0.25, -0.2) is 9.78 Å². The number of benzene rings is 2. The Balaban J connectivity index is 1.44. The number of nitrogens with zero attached hydrogens (tertiary/aromatic N) is 4. The van der Waals surface area contributed by atoms with Gasteiger partial charge in [0.05, 0.1) is 36.7 Å². The number of piperazine rings is 1. The molecular formula is C26H29N7O3. The fourth-order valence-electron chi connectivity index (χ4n) is 4.26. The Bertz CT molecular complexity index is 1380. The van der Waals surface area contributed by atoms with E-state index in [1.807, 2.05) is 24.3 Å². The molecule has 1 aliphatic heterocycles. The zero-order valence-electron chi connectivity index (χ0n) is 20.5. The number of fused-ring (bicyclic) bond motifs is 1. The second-order valence-corrected chi connectivity index (χ2v) is 8.60. The van der Waals surface area contributed by atoms with Gasteiger partial charge in [0, 0.05) is 44.1 Å². The third-order valence-electron chi connectivity index (χ3n) is 6.29. The van der Waals surface area contributed by atoms with Gasteiger partial charge in [-0.05, 0) is 37.4 Å². The summed E-state index contributed by atoms with van der Waals surface area (Å²) in [6.45, 7) is 4.01. The molecule has 0 bridgehead atoms. The van der Waals surface area contributed by atoms with Gasteiger partial charge < -0.3 is 34.9 Å². The molecule has 36 heavy (non-hydrogen) atoms. The Labute approximate surface area is 209 Å². The van der Waals surface area contributed by atoms with Crippen LogP contribution in [0.15, 0.2) is 54.7 Å². The molecule has 10 nitrogen and oxygen atoms in total. The molecule has 2 aromatic carbocycles. The van der Waals surface area contributed by atoms with Gasteiger partial charge in [0.25, 0.3) is 0 Å². The van der Waals surface area contributed by atoms with Gasteiger partial charge in [0.1, 0.15) is 11.3 Å². The number of hydrogen-bond donors (Lipinski definition) is 3. The molecule has 4 aromatic rings. The van der Waals surface area contributed by atoms with E-state index in [0.717, 1.165) is 48.6 Å². The maximum Gasteiger partial charge on any atom is 0.339 e. The third-order valence-corrected chi connectivity index (χ3v) is 6.29. The van der Waals surface area contributed by atoms with E-state index >= 15 is 0 Å². The van der Waals surface area contributed by atoms with E-state index in [-0.39, 0.29) is 0 Å². The van der Waals surface area contributed by atoms with E-state index in [9.17, 15) is 4.79 Å². The average Bonchev–Trinajstić information content (AvgIpc) is 3.38. The van der Waals surface area contributed by atoms with E-state index < -0.39 is 5.97 Å². The van der Waals surface area contributed by atoms with Gasteiger partial charge in [0.2, 0.25) is 5.95 Å². The number of para-hydroxylation sites is 1. The number of carbonyl (C=O) groups is 1. The molecule has 186 valence electrons. The predicted octanol–water partition coefficient (Wildman–Crippen LogP) is 3.99. The second-order valence-electron chi connectivity index (χ2n) is 8.60. The maximum atomic E-state index is 12.2. The minimum absolute atomic E-state index is 0.394. The first-order valence-electron chi connectivity index (χ1n) is 11.7.